The highest BCUT2D eigenvalue weighted by Crippen LogP contribution is 2.24. The zero-order valence-electron chi connectivity index (χ0n) is 11.2. The number of hydroxylamine groups is 1. The van der Waals surface area contributed by atoms with Gasteiger partial charge in [0.05, 0.1) is 6.26 Å². The van der Waals surface area contributed by atoms with E-state index in [4.69, 9.17) is 9.57 Å². The molecule has 0 radical (unpaired) electrons. The molecule has 0 bridgehead atoms. The molecule has 3 rings (SSSR count). The van der Waals surface area contributed by atoms with Gasteiger partial charge in [-0.2, -0.15) is 0 Å². The lowest BCUT2D eigenvalue weighted by atomic mass is 9.97. The van der Waals surface area contributed by atoms with Gasteiger partial charge in [-0.05, 0) is 23.8 Å². The summed E-state index contributed by atoms with van der Waals surface area (Å²) in [5.74, 6) is 0.672. The lowest BCUT2D eigenvalue weighted by Crippen LogP contribution is -2.38. The highest BCUT2D eigenvalue weighted by atomic mass is 16.7. The molecule has 2 N–H and O–H groups in total. The average molecular weight is 271 g/mol. The van der Waals surface area contributed by atoms with E-state index >= 15 is 0 Å². The molecule has 1 aliphatic carbocycles. The van der Waals surface area contributed by atoms with E-state index in [-0.39, 0.29) is 6.10 Å². The van der Waals surface area contributed by atoms with Gasteiger partial charge in [0.15, 0.2) is 5.76 Å². The van der Waals surface area contributed by atoms with Crippen LogP contribution >= 0.6 is 0 Å². The number of hydrogen-bond donors (Lipinski definition) is 2. The number of benzene rings is 1. The minimum atomic E-state index is -0.688. The predicted octanol–water partition coefficient (Wildman–Crippen LogP) is 0.677. The van der Waals surface area contributed by atoms with Gasteiger partial charge in [-0.15, -0.1) is 5.48 Å². The Morgan fingerprint density at radius 1 is 1.40 bits per heavy atom. The molecule has 2 aliphatic rings. The molecule has 1 aromatic carbocycles. The number of allylic oxidation sites excluding steroid dienone is 2. The molecule has 20 heavy (non-hydrogen) atoms. The Labute approximate surface area is 117 Å². The van der Waals surface area contributed by atoms with Crippen molar-refractivity contribution in [3.63, 3.8) is 0 Å². The fourth-order valence-electron chi connectivity index (χ4n) is 2.26. The minimum absolute atomic E-state index is 0.148. The normalized spacial score (nSPS) is 21.0. The Morgan fingerprint density at radius 2 is 2.25 bits per heavy atom. The molecule has 0 spiro atoms. The van der Waals surface area contributed by atoms with Gasteiger partial charge in [-0.3, -0.25) is 0 Å². The summed E-state index contributed by atoms with van der Waals surface area (Å²) in [5, 5.41) is 11.7. The minimum Gasteiger partial charge on any atom is -0.488 e. The zero-order chi connectivity index (χ0) is 13.9. The summed E-state index contributed by atoms with van der Waals surface area (Å²) in [6, 6.07) is 8.01. The Bertz CT molecular complexity index is 675. The highest BCUT2D eigenvalue weighted by Gasteiger charge is 2.24. The van der Waals surface area contributed by atoms with Crippen molar-refractivity contribution in [2.45, 2.75) is 25.7 Å². The summed E-state index contributed by atoms with van der Waals surface area (Å²) in [5.41, 5.74) is 3.61. The lowest BCUT2D eigenvalue weighted by molar-refractivity contribution is -0.0197. The molecule has 1 aliphatic heterocycles. The second-order valence-electron chi connectivity index (χ2n) is 4.74. The number of rotatable bonds is 4. The summed E-state index contributed by atoms with van der Waals surface area (Å²) >= 11 is 0. The molecule has 0 aromatic heterocycles. The van der Waals surface area contributed by atoms with Crippen LogP contribution in [0, 0.1) is 0 Å². The predicted molar refractivity (Wildman–Crippen MR) is 76.2 cm³/mol. The van der Waals surface area contributed by atoms with Crippen molar-refractivity contribution in [3.05, 3.63) is 58.7 Å². The van der Waals surface area contributed by atoms with Gasteiger partial charge < -0.3 is 14.7 Å². The van der Waals surface area contributed by atoms with Crippen molar-refractivity contribution in [3.8, 4) is 0 Å². The van der Waals surface area contributed by atoms with Crippen LogP contribution in [0.4, 0.5) is 0 Å². The molecule has 0 amide bonds. The number of ether oxygens (including phenoxy) is 1. The van der Waals surface area contributed by atoms with Gasteiger partial charge in [-0.1, -0.05) is 37.3 Å². The van der Waals surface area contributed by atoms with Gasteiger partial charge in [-0.25, -0.2) is 0 Å². The van der Waals surface area contributed by atoms with Crippen LogP contribution in [-0.4, -0.2) is 17.4 Å². The van der Waals surface area contributed by atoms with E-state index in [1.54, 1.807) is 6.26 Å². The molecular weight excluding hydrogens is 254 g/mol. The molecule has 0 fully saturated rings. The van der Waals surface area contributed by atoms with Crippen LogP contribution in [0.25, 0.3) is 11.8 Å². The first-order valence-corrected chi connectivity index (χ1v) is 6.74. The second-order valence-corrected chi connectivity index (χ2v) is 4.74. The van der Waals surface area contributed by atoms with Crippen LogP contribution in [0.1, 0.15) is 13.3 Å². The molecule has 1 heterocycles. The fraction of sp³-hybridized carbons (Fsp3) is 0.250. The van der Waals surface area contributed by atoms with E-state index in [1.165, 1.54) is 0 Å². The SMILES string of the molecule is CCC(O)NOC1=CC=CC2OC=c3ccccc3=C12. The van der Waals surface area contributed by atoms with Crippen LogP contribution in [0.5, 0.6) is 0 Å². The summed E-state index contributed by atoms with van der Waals surface area (Å²) in [4.78, 5) is 5.54. The second kappa shape index (κ2) is 5.53. The Balaban J connectivity index is 2.01. The maximum absolute atomic E-state index is 9.55. The Kier molecular flexibility index (Phi) is 3.58. The van der Waals surface area contributed by atoms with Crippen molar-refractivity contribution < 1.29 is 14.7 Å². The van der Waals surface area contributed by atoms with Crippen LogP contribution in [0.15, 0.2) is 48.3 Å². The fourth-order valence-corrected chi connectivity index (χ4v) is 2.26. The van der Waals surface area contributed by atoms with Crippen LogP contribution in [0.3, 0.4) is 0 Å². The lowest BCUT2D eigenvalue weighted by Gasteiger charge is -2.25. The smallest absolute Gasteiger partial charge is 0.155 e. The Hall–Kier alpha value is -2.04. The van der Waals surface area contributed by atoms with E-state index in [2.05, 4.69) is 5.48 Å². The molecule has 2 atom stereocenters. The third kappa shape index (κ3) is 2.35. The first-order valence-electron chi connectivity index (χ1n) is 6.74. The molecular formula is C16H17NO3. The van der Waals surface area contributed by atoms with Gasteiger partial charge >= 0.3 is 0 Å². The van der Waals surface area contributed by atoms with Crippen LogP contribution in [0.2, 0.25) is 0 Å². The van der Waals surface area contributed by atoms with Gasteiger partial charge in [0, 0.05) is 10.8 Å². The van der Waals surface area contributed by atoms with E-state index in [9.17, 15) is 5.11 Å². The first-order chi connectivity index (χ1) is 9.79. The summed E-state index contributed by atoms with van der Waals surface area (Å²) in [6.45, 7) is 1.88. The van der Waals surface area contributed by atoms with Crippen LogP contribution < -0.4 is 15.9 Å². The van der Waals surface area contributed by atoms with E-state index in [1.807, 2.05) is 49.4 Å². The van der Waals surface area contributed by atoms with Crippen molar-refractivity contribution in [1.29, 1.82) is 0 Å². The molecule has 4 nitrogen and oxygen atoms in total. The van der Waals surface area contributed by atoms with Gasteiger partial charge in [0.2, 0.25) is 0 Å². The summed E-state index contributed by atoms with van der Waals surface area (Å²) in [7, 11) is 0. The highest BCUT2D eigenvalue weighted by molar-refractivity contribution is 5.71. The van der Waals surface area contributed by atoms with Crippen molar-refractivity contribution in [1.82, 2.24) is 5.48 Å². The summed E-state index contributed by atoms with van der Waals surface area (Å²) in [6.07, 6.45) is 7.24. The largest absolute Gasteiger partial charge is 0.488 e. The number of aliphatic hydroxyl groups is 1. The third-order valence-electron chi connectivity index (χ3n) is 3.37. The quantitative estimate of drug-likeness (QED) is 0.624. The maximum Gasteiger partial charge on any atom is 0.155 e. The molecule has 4 heteroatoms. The Morgan fingerprint density at radius 3 is 3.10 bits per heavy atom. The number of hydrogen-bond acceptors (Lipinski definition) is 4. The zero-order valence-corrected chi connectivity index (χ0v) is 11.2. The first kappa shape index (κ1) is 13.0. The molecule has 1 aromatic rings. The molecule has 0 saturated heterocycles. The molecule has 0 saturated carbocycles. The third-order valence-corrected chi connectivity index (χ3v) is 3.37. The van der Waals surface area contributed by atoms with Gasteiger partial charge in [0.1, 0.15) is 12.3 Å². The standard InChI is InChI=1S/C16H17NO3/c1-2-15(18)17-20-14-9-5-8-13-16(14)12-7-4-3-6-11(12)10-19-13/h3-10,13,15,17-18H,2H2,1H3. The topological polar surface area (TPSA) is 50.7 Å². The number of aliphatic hydroxyl groups excluding tert-OH is 1. The van der Waals surface area contributed by atoms with E-state index in [0.717, 1.165) is 16.0 Å². The number of fused-ring (bicyclic) bond motifs is 2. The van der Waals surface area contributed by atoms with Crippen molar-refractivity contribution in [2.24, 2.45) is 0 Å². The maximum atomic E-state index is 9.55. The molecule has 104 valence electrons. The monoisotopic (exact) mass is 271 g/mol. The van der Waals surface area contributed by atoms with Crippen molar-refractivity contribution in [2.75, 3.05) is 0 Å². The van der Waals surface area contributed by atoms with E-state index in [0.29, 0.717) is 12.2 Å². The average Bonchev–Trinajstić information content (AvgIpc) is 2.52. The van der Waals surface area contributed by atoms with Crippen molar-refractivity contribution >= 4 is 11.8 Å². The van der Waals surface area contributed by atoms with Gasteiger partial charge in [0.25, 0.3) is 0 Å². The number of nitrogens with one attached hydrogen (secondary N) is 1. The van der Waals surface area contributed by atoms with Crippen LogP contribution in [-0.2, 0) is 9.57 Å². The molecule has 2 unspecified atom stereocenters. The summed E-state index contributed by atoms with van der Waals surface area (Å²) < 4.78 is 5.71. The van der Waals surface area contributed by atoms with E-state index < -0.39 is 6.23 Å².